The number of carbonyl (C=O) groups excluding carboxylic acids is 4. The number of carbonyl (C=O) groups is 4. The molecule has 0 saturated carbocycles. The summed E-state index contributed by atoms with van der Waals surface area (Å²) in [4.78, 5) is 49.7. The third kappa shape index (κ3) is 4.65. The van der Waals surface area contributed by atoms with Gasteiger partial charge in [0.15, 0.2) is 0 Å². The zero-order valence-electron chi connectivity index (χ0n) is 15.7. The molecule has 2 N–H and O–H groups in total. The van der Waals surface area contributed by atoms with Crippen LogP contribution in [0.1, 0.15) is 34.6 Å². The summed E-state index contributed by atoms with van der Waals surface area (Å²) in [6.45, 7) is 2.78. The number of esters is 2. The zero-order chi connectivity index (χ0) is 21.6. The fraction of sp³-hybridized carbons (Fsp3) is 0.0909. The molecule has 0 aromatic heterocycles. The van der Waals surface area contributed by atoms with E-state index in [9.17, 15) is 29.4 Å². The minimum absolute atomic E-state index is 0.137. The zero-order valence-corrected chi connectivity index (χ0v) is 15.7. The smallest absolute Gasteiger partial charge is 0.349 e. The minimum Gasteiger partial charge on any atom is -0.507 e. The summed E-state index contributed by atoms with van der Waals surface area (Å²) >= 11 is 0. The predicted octanol–water partition coefficient (Wildman–Crippen LogP) is 3.13. The lowest BCUT2D eigenvalue weighted by Gasteiger charge is -2.09. The van der Waals surface area contributed by atoms with E-state index in [4.69, 9.17) is 4.74 Å². The molecule has 2 rings (SSSR count). The fourth-order valence-electron chi connectivity index (χ4n) is 2.50. The van der Waals surface area contributed by atoms with Gasteiger partial charge in [-0.1, -0.05) is 36.4 Å². The SMILES string of the molecule is CC=C(C(=O)OC(=O)C(=CC)C(=O)c1ccccc1O)C(=O)c1ccccc1O. The van der Waals surface area contributed by atoms with Gasteiger partial charge in [-0.3, -0.25) is 9.59 Å². The molecule has 29 heavy (non-hydrogen) atoms. The van der Waals surface area contributed by atoms with Gasteiger partial charge in [0.25, 0.3) is 0 Å². The van der Waals surface area contributed by atoms with Crippen molar-refractivity contribution in [3.05, 3.63) is 83.0 Å². The number of Topliss-reactive ketones (excluding diaryl/α,β-unsaturated/α-hetero) is 2. The lowest BCUT2D eigenvalue weighted by atomic mass is 10.0. The van der Waals surface area contributed by atoms with Crippen molar-refractivity contribution in [1.29, 1.82) is 0 Å². The van der Waals surface area contributed by atoms with Gasteiger partial charge in [-0.15, -0.1) is 0 Å². The van der Waals surface area contributed by atoms with Crippen LogP contribution in [0.2, 0.25) is 0 Å². The molecule has 0 aliphatic carbocycles. The van der Waals surface area contributed by atoms with Crippen molar-refractivity contribution in [2.24, 2.45) is 0 Å². The molecule has 0 amide bonds. The van der Waals surface area contributed by atoms with Crippen LogP contribution < -0.4 is 0 Å². The molecular formula is C22H18O7. The predicted molar refractivity (Wildman–Crippen MR) is 103 cm³/mol. The number of phenols is 2. The molecule has 0 saturated heterocycles. The van der Waals surface area contributed by atoms with E-state index in [0.717, 1.165) is 12.2 Å². The molecule has 0 atom stereocenters. The van der Waals surface area contributed by atoms with Crippen LogP contribution in [0.3, 0.4) is 0 Å². The van der Waals surface area contributed by atoms with E-state index in [1.807, 2.05) is 0 Å². The highest BCUT2D eigenvalue weighted by Gasteiger charge is 2.28. The van der Waals surface area contributed by atoms with Gasteiger partial charge in [-0.2, -0.15) is 0 Å². The third-order valence-corrected chi connectivity index (χ3v) is 3.99. The van der Waals surface area contributed by atoms with Crippen molar-refractivity contribution in [3.63, 3.8) is 0 Å². The van der Waals surface area contributed by atoms with Gasteiger partial charge >= 0.3 is 11.9 Å². The van der Waals surface area contributed by atoms with Crippen LogP contribution in [0.4, 0.5) is 0 Å². The van der Waals surface area contributed by atoms with Crippen molar-refractivity contribution in [1.82, 2.24) is 0 Å². The first-order valence-corrected chi connectivity index (χ1v) is 8.56. The highest BCUT2D eigenvalue weighted by Crippen LogP contribution is 2.22. The number of hydrogen-bond donors (Lipinski definition) is 2. The van der Waals surface area contributed by atoms with Crippen LogP contribution in [-0.4, -0.2) is 33.7 Å². The molecule has 0 fully saturated rings. The van der Waals surface area contributed by atoms with E-state index in [2.05, 4.69) is 0 Å². The van der Waals surface area contributed by atoms with Crippen LogP contribution in [0, 0.1) is 0 Å². The van der Waals surface area contributed by atoms with Crippen LogP contribution >= 0.6 is 0 Å². The summed E-state index contributed by atoms with van der Waals surface area (Å²) in [5.41, 5.74) is -1.24. The maximum absolute atomic E-state index is 12.5. The van der Waals surface area contributed by atoms with E-state index < -0.39 is 34.7 Å². The summed E-state index contributed by atoms with van der Waals surface area (Å²) in [7, 11) is 0. The number of para-hydroxylation sites is 2. The van der Waals surface area contributed by atoms with E-state index >= 15 is 0 Å². The van der Waals surface area contributed by atoms with Gasteiger partial charge in [0.05, 0.1) is 11.1 Å². The van der Waals surface area contributed by atoms with Gasteiger partial charge < -0.3 is 14.9 Å². The van der Waals surface area contributed by atoms with E-state index in [-0.39, 0.29) is 22.6 Å². The second-order valence-electron chi connectivity index (χ2n) is 5.77. The number of ether oxygens (including phenoxy) is 1. The molecule has 7 heteroatoms. The molecule has 0 spiro atoms. The van der Waals surface area contributed by atoms with Gasteiger partial charge in [0, 0.05) is 0 Å². The fourth-order valence-corrected chi connectivity index (χ4v) is 2.50. The summed E-state index contributed by atoms with van der Waals surface area (Å²) in [6, 6.07) is 11.2. The van der Waals surface area contributed by atoms with Crippen LogP contribution in [-0.2, 0) is 14.3 Å². The van der Waals surface area contributed by atoms with Crippen molar-refractivity contribution < 1.29 is 34.1 Å². The van der Waals surface area contributed by atoms with Gasteiger partial charge in [0.1, 0.15) is 22.6 Å². The Hall–Kier alpha value is -4.00. The van der Waals surface area contributed by atoms with Gasteiger partial charge in [0.2, 0.25) is 11.6 Å². The number of ketones is 2. The first-order chi connectivity index (χ1) is 13.8. The average molecular weight is 394 g/mol. The number of allylic oxidation sites excluding steroid dienone is 2. The molecule has 0 aliphatic rings. The Bertz CT molecular complexity index is 961. The minimum atomic E-state index is -1.27. The number of benzene rings is 2. The summed E-state index contributed by atoms with van der Waals surface area (Å²) in [5.74, 6) is -4.88. The van der Waals surface area contributed by atoms with E-state index in [1.54, 1.807) is 0 Å². The Labute approximate surface area is 166 Å². The molecular weight excluding hydrogens is 376 g/mol. The standard InChI is InChI=1S/C22H18O7/c1-3-13(19(25)15-9-5-7-11-17(15)23)21(27)29-22(28)14(4-2)20(26)16-10-6-8-12-18(16)24/h3-12,23-24H,1-2H3. The number of hydrogen-bond acceptors (Lipinski definition) is 7. The molecule has 0 unspecified atom stereocenters. The summed E-state index contributed by atoms with van der Waals surface area (Å²) < 4.78 is 4.70. The number of phenolic OH excluding ortho intramolecular Hbond substituents is 2. The molecule has 0 bridgehead atoms. The molecule has 7 nitrogen and oxygen atoms in total. The van der Waals surface area contributed by atoms with Crippen molar-refractivity contribution in [2.75, 3.05) is 0 Å². The maximum atomic E-state index is 12.5. The molecule has 148 valence electrons. The summed E-state index contributed by atoms with van der Waals surface area (Å²) in [6.07, 6.45) is 2.29. The second kappa shape index (κ2) is 9.27. The van der Waals surface area contributed by atoms with Crippen molar-refractivity contribution >= 4 is 23.5 Å². The Kier molecular flexibility index (Phi) is 6.81. The lowest BCUT2D eigenvalue weighted by molar-refractivity contribution is -0.153. The van der Waals surface area contributed by atoms with Crippen LogP contribution in [0.25, 0.3) is 0 Å². The van der Waals surface area contributed by atoms with Crippen molar-refractivity contribution in [3.8, 4) is 11.5 Å². The maximum Gasteiger partial charge on any atom is 0.349 e. The number of aromatic hydroxyl groups is 2. The molecule has 0 aliphatic heterocycles. The Morgan fingerprint density at radius 1 is 0.690 bits per heavy atom. The highest BCUT2D eigenvalue weighted by molar-refractivity contribution is 6.30. The highest BCUT2D eigenvalue weighted by atomic mass is 16.6. The first-order valence-electron chi connectivity index (χ1n) is 8.56. The quantitative estimate of drug-likeness (QED) is 0.254. The van der Waals surface area contributed by atoms with E-state index in [0.29, 0.717) is 0 Å². The van der Waals surface area contributed by atoms with Crippen molar-refractivity contribution in [2.45, 2.75) is 13.8 Å². The Morgan fingerprint density at radius 2 is 1.03 bits per heavy atom. The summed E-state index contributed by atoms with van der Waals surface area (Å²) in [5, 5.41) is 19.6. The third-order valence-electron chi connectivity index (χ3n) is 3.99. The van der Waals surface area contributed by atoms with Gasteiger partial charge in [-0.25, -0.2) is 9.59 Å². The largest absolute Gasteiger partial charge is 0.507 e. The molecule has 2 aromatic rings. The average Bonchev–Trinajstić information content (AvgIpc) is 2.69. The normalized spacial score (nSPS) is 11.7. The monoisotopic (exact) mass is 394 g/mol. The Balaban J connectivity index is 2.23. The second-order valence-corrected chi connectivity index (χ2v) is 5.77. The van der Waals surface area contributed by atoms with Crippen LogP contribution in [0.15, 0.2) is 71.8 Å². The first kappa shape index (κ1) is 21.3. The van der Waals surface area contributed by atoms with Gasteiger partial charge in [-0.05, 0) is 38.1 Å². The molecule has 2 aromatic carbocycles. The topological polar surface area (TPSA) is 118 Å². The lowest BCUT2D eigenvalue weighted by Crippen LogP contribution is -2.23. The molecule has 0 radical (unpaired) electrons. The van der Waals surface area contributed by atoms with Crippen LogP contribution in [0.5, 0.6) is 11.5 Å². The Morgan fingerprint density at radius 3 is 1.34 bits per heavy atom. The number of rotatable bonds is 6. The van der Waals surface area contributed by atoms with E-state index in [1.165, 1.54) is 62.4 Å². The molecule has 0 heterocycles.